The largest absolute Gasteiger partial charge is 0.546 e. The van der Waals surface area contributed by atoms with Crippen molar-refractivity contribution in [2.24, 2.45) is 0 Å². The molecular formula is C22H18IN2O7S-. The molecule has 0 aromatic heterocycles. The summed E-state index contributed by atoms with van der Waals surface area (Å²) in [5.74, 6) is -1.98. The minimum Gasteiger partial charge on any atom is -0.546 e. The molecule has 1 heterocycles. The Morgan fingerprint density at radius 3 is 2.55 bits per heavy atom. The van der Waals surface area contributed by atoms with Gasteiger partial charge >= 0.3 is 0 Å². The van der Waals surface area contributed by atoms with Gasteiger partial charge in [0.05, 0.1) is 21.6 Å². The first-order valence-electron chi connectivity index (χ1n) is 9.50. The lowest BCUT2D eigenvalue weighted by Crippen LogP contribution is -2.36. The van der Waals surface area contributed by atoms with Gasteiger partial charge in [0.2, 0.25) is 5.91 Å². The fraction of sp³-hybridized carbons (Fsp3) is 0.182. The maximum absolute atomic E-state index is 12.7. The summed E-state index contributed by atoms with van der Waals surface area (Å²) in [6.07, 6.45) is 1.50. The number of amides is 3. The smallest absolute Gasteiger partial charge is 0.294 e. The molecule has 172 valence electrons. The van der Waals surface area contributed by atoms with Crippen LogP contribution in [0.2, 0.25) is 0 Å². The number of aryl methyl sites for hydroxylation is 1. The number of rotatable bonds is 8. The number of benzene rings is 2. The molecule has 0 aliphatic carbocycles. The Balaban J connectivity index is 1.74. The molecule has 1 saturated heterocycles. The van der Waals surface area contributed by atoms with Gasteiger partial charge in [-0.25, -0.2) is 0 Å². The van der Waals surface area contributed by atoms with Crippen LogP contribution in [-0.2, 0) is 14.4 Å². The van der Waals surface area contributed by atoms with Gasteiger partial charge in [-0.3, -0.25) is 19.3 Å². The van der Waals surface area contributed by atoms with Gasteiger partial charge < -0.3 is 24.7 Å². The summed E-state index contributed by atoms with van der Waals surface area (Å²) in [5, 5.41) is 12.8. The normalized spacial score (nSPS) is 14.5. The molecule has 0 bridgehead atoms. The number of nitrogens with zero attached hydrogens (tertiary/aromatic N) is 1. The third kappa shape index (κ3) is 6.26. The summed E-state index contributed by atoms with van der Waals surface area (Å²) < 4.78 is 11.0. The molecule has 1 aliphatic rings. The van der Waals surface area contributed by atoms with E-state index in [1.165, 1.54) is 13.2 Å². The van der Waals surface area contributed by atoms with Crippen LogP contribution < -0.4 is 19.9 Å². The quantitative estimate of drug-likeness (QED) is 0.373. The van der Waals surface area contributed by atoms with Crippen LogP contribution in [0.4, 0.5) is 10.5 Å². The maximum Gasteiger partial charge on any atom is 0.294 e. The Bertz CT molecular complexity index is 1150. The lowest BCUT2D eigenvalue weighted by Gasteiger charge is -2.14. The third-order valence-electron chi connectivity index (χ3n) is 4.39. The second kappa shape index (κ2) is 10.7. The summed E-state index contributed by atoms with van der Waals surface area (Å²) >= 11 is 2.66. The first-order chi connectivity index (χ1) is 15.7. The van der Waals surface area contributed by atoms with E-state index in [0.29, 0.717) is 14.8 Å². The van der Waals surface area contributed by atoms with Gasteiger partial charge in [0.1, 0.15) is 13.2 Å². The summed E-state index contributed by atoms with van der Waals surface area (Å²) in [4.78, 5) is 49.1. The van der Waals surface area contributed by atoms with Crippen LogP contribution in [0.25, 0.3) is 6.08 Å². The predicted molar refractivity (Wildman–Crippen MR) is 129 cm³/mol. The van der Waals surface area contributed by atoms with E-state index in [9.17, 15) is 24.3 Å². The van der Waals surface area contributed by atoms with E-state index in [2.05, 4.69) is 5.32 Å². The van der Waals surface area contributed by atoms with E-state index >= 15 is 0 Å². The van der Waals surface area contributed by atoms with Gasteiger partial charge in [0.15, 0.2) is 11.5 Å². The van der Waals surface area contributed by atoms with Gasteiger partial charge in [0, 0.05) is 5.69 Å². The Hall–Kier alpha value is -3.06. The molecule has 11 heteroatoms. The lowest BCUT2D eigenvalue weighted by molar-refractivity contribution is -0.307. The zero-order valence-electron chi connectivity index (χ0n) is 17.5. The molecule has 0 spiro atoms. The highest BCUT2D eigenvalue weighted by molar-refractivity contribution is 14.1. The number of hydrogen-bond donors (Lipinski definition) is 1. The lowest BCUT2D eigenvalue weighted by atomic mass is 10.2. The second-order valence-electron chi connectivity index (χ2n) is 6.88. The van der Waals surface area contributed by atoms with Crippen LogP contribution in [0.3, 0.4) is 0 Å². The van der Waals surface area contributed by atoms with Crippen molar-refractivity contribution in [3.05, 3.63) is 56.0 Å². The van der Waals surface area contributed by atoms with Crippen molar-refractivity contribution in [1.29, 1.82) is 0 Å². The maximum atomic E-state index is 12.7. The number of thioether (sulfide) groups is 1. The molecule has 2 aromatic carbocycles. The highest BCUT2D eigenvalue weighted by atomic mass is 127. The molecule has 3 rings (SSSR count). The summed E-state index contributed by atoms with van der Waals surface area (Å²) in [6, 6.07) is 10.3. The SMILES string of the molecule is COc1cc(/C=C2\SC(=O)N(CC(=O)Nc3ccc(C)cc3)C2=O)cc(I)c1OCC(=O)[O-]. The van der Waals surface area contributed by atoms with E-state index in [1.807, 2.05) is 41.6 Å². The number of anilines is 1. The standard InChI is InChI=1S/C22H19IN2O7S/c1-12-3-5-14(6-4-12)24-18(26)10-25-21(29)17(33-22(25)30)9-13-7-15(23)20(16(8-13)31-2)32-11-19(27)28/h3-9H,10-11H2,1-2H3,(H,24,26)(H,27,28)/p-1/b17-9-. The number of methoxy groups -OCH3 is 1. The van der Waals surface area contributed by atoms with Crippen molar-refractivity contribution in [3.8, 4) is 11.5 Å². The minimum atomic E-state index is -1.38. The third-order valence-corrected chi connectivity index (χ3v) is 6.10. The van der Waals surface area contributed by atoms with Crippen LogP contribution >= 0.6 is 34.4 Å². The molecule has 0 radical (unpaired) electrons. The molecule has 1 N–H and O–H groups in total. The van der Waals surface area contributed by atoms with Crippen molar-refractivity contribution in [2.75, 3.05) is 25.6 Å². The number of halogens is 1. The van der Waals surface area contributed by atoms with E-state index in [0.717, 1.165) is 22.2 Å². The summed E-state index contributed by atoms with van der Waals surface area (Å²) in [7, 11) is 1.39. The number of aliphatic carboxylic acids is 1. The second-order valence-corrected chi connectivity index (χ2v) is 9.03. The van der Waals surface area contributed by atoms with E-state index in [-0.39, 0.29) is 16.4 Å². The van der Waals surface area contributed by atoms with Crippen LogP contribution in [0.1, 0.15) is 11.1 Å². The monoisotopic (exact) mass is 581 g/mol. The highest BCUT2D eigenvalue weighted by Crippen LogP contribution is 2.37. The van der Waals surface area contributed by atoms with E-state index < -0.39 is 36.2 Å². The van der Waals surface area contributed by atoms with Crippen LogP contribution in [0, 0.1) is 10.5 Å². The number of carbonyl (C=O) groups is 4. The molecule has 0 saturated carbocycles. The molecule has 1 aliphatic heterocycles. The van der Waals surface area contributed by atoms with Crippen molar-refractivity contribution < 1.29 is 33.8 Å². The molecule has 9 nitrogen and oxygen atoms in total. The minimum absolute atomic E-state index is 0.143. The van der Waals surface area contributed by atoms with Crippen molar-refractivity contribution in [3.63, 3.8) is 0 Å². The Morgan fingerprint density at radius 1 is 1.21 bits per heavy atom. The first kappa shape index (κ1) is 24.6. The van der Waals surface area contributed by atoms with Gasteiger partial charge in [-0.1, -0.05) is 17.7 Å². The van der Waals surface area contributed by atoms with Gasteiger partial charge in [-0.15, -0.1) is 0 Å². The Labute approximate surface area is 207 Å². The molecule has 0 atom stereocenters. The van der Waals surface area contributed by atoms with Crippen molar-refractivity contribution in [1.82, 2.24) is 4.90 Å². The van der Waals surface area contributed by atoms with E-state index in [4.69, 9.17) is 9.47 Å². The van der Waals surface area contributed by atoms with E-state index in [1.54, 1.807) is 24.3 Å². The number of carboxylic acids is 1. The highest BCUT2D eigenvalue weighted by Gasteiger charge is 2.36. The fourth-order valence-electron chi connectivity index (χ4n) is 2.86. The summed E-state index contributed by atoms with van der Waals surface area (Å²) in [5.41, 5.74) is 2.14. The van der Waals surface area contributed by atoms with Gasteiger partial charge in [-0.05, 0) is 77.2 Å². The van der Waals surface area contributed by atoms with Crippen LogP contribution in [-0.4, -0.2) is 48.2 Å². The fourth-order valence-corrected chi connectivity index (χ4v) is 4.48. The molecular weight excluding hydrogens is 563 g/mol. The average Bonchev–Trinajstić information content (AvgIpc) is 3.01. The van der Waals surface area contributed by atoms with Crippen molar-refractivity contribution in [2.45, 2.75) is 6.92 Å². The molecule has 33 heavy (non-hydrogen) atoms. The number of carbonyl (C=O) groups excluding carboxylic acids is 4. The van der Waals surface area contributed by atoms with Crippen LogP contribution in [0.15, 0.2) is 41.3 Å². The zero-order chi connectivity index (χ0) is 24.1. The molecule has 1 fully saturated rings. The number of ether oxygens (including phenoxy) is 2. The topological polar surface area (TPSA) is 125 Å². The number of carboxylic acid groups (broad SMARTS) is 1. The molecule has 0 unspecified atom stereocenters. The number of imide groups is 1. The van der Waals surface area contributed by atoms with Crippen LogP contribution in [0.5, 0.6) is 11.5 Å². The Kier molecular flexibility index (Phi) is 7.97. The summed E-state index contributed by atoms with van der Waals surface area (Å²) in [6.45, 7) is 0.866. The first-order valence-corrected chi connectivity index (χ1v) is 11.4. The Morgan fingerprint density at radius 2 is 1.91 bits per heavy atom. The predicted octanol–water partition coefficient (Wildman–Crippen LogP) is 2.41. The molecule has 2 aromatic rings. The number of nitrogens with one attached hydrogen (secondary N) is 1. The van der Waals surface area contributed by atoms with Gasteiger partial charge in [0.25, 0.3) is 11.1 Å². The average molecular weight is 581 g/mol. The van der Waals surface area contributed by atoms with Gasteiger partial charge in [-0.2, -0.15) is 0 Å². The number of hydrogen-bond acceptors (Lipinski definition) is 8. The molecule has 3 amide bonds. The van der Waals surface area contributed by atoms with Crippen molar-refractivity contribution >= 4 is 69.1 Å². The zero-order valence-corrected chi connectivity index (χ0v) is 20.5.